The molecule has 2 atom stereocenters. The molecule has 1 unspecified atom stereocenters. The van der Waals surface area contributed by atoms with E-state index >= 15 is 0 Å². The van der Waals surface area contributed by atoms with Crippen molar-refractivity contribution in [2.75, 3.05) is 0 Å². The highest BCUT2D eigenvalue weighted by Gasteiger charge is 2.25. The van der Waals surface area contributed by atoms with E-state index < -0.39 is 0 Å². The first-order valence-corrected chi connectivity index (χ1v) is 7.96. The van der Waals surface area contributed by atoms with Gasteiger partial charge in [0.1, 0.15) is 11.3 Å². The average Bonchev–Trinajstić information content (AvgIpc) is 2.90. The minimum absolute atomic E-state index is 0.494. The molecule has 0 bridgehead atoms. The van der Waals surface area contributed by atoms with Gasteiger partial charge in [0.15, 0.2) is 0 Å². The fourth-order valence-corrected chi connectivity index (χ4v) is 3.46. The second-order valence-corrected chi connectivity index (χ2v) is 6.44. The van der Waals surface area contributed by atoms with Gasteiger partial charge in [-0.15, -0.1) is 0 Å². The van der Waals surface area contributed by atoms with Crippen LogP contribution < -0.4 is 0 Å². The van der Waals surface area contributed by atoms with E-state index in [0.717, 1.165) is 11.3 Å². The quantitative estimate of drug-likeness (QED) is 0.521. The van der Waals surface area contributed by atoms with E-state index in [-0.39, 0.29) is 0 Å². The normalized spacial score (nSPS) is 20.3. The van der Waals surface area contributed by atoms with Crippen LogP contribution in [0.2, 0.25) is 0 Å². The third kappa shape index (κ3) is 1.93. The Hall–Kier alpha value is -2.28. The fourth-order valence-electron chi connectivity index (χ4n) is 3.46. The number of para-hydroxylation sites is 1. The Morgan fingerprint density at radius 1 is 1.00 bits per heavy atom. The molecule has 22 heavy (non-hydrogen) atoms. The van der Waals surface area contributed by atoms with Crippen LogP contribution in [0.5, 0.6) is 0 Å². The number of hydrogen-bond acceptors (Lipinski definition) is 1. The molecule has 1 nitrogen and oxygen atoms in total. The van der Waals surface area contributed by atoms with Gasteiger partial charge in [-0.25, -0.2) is 0 Å². The maximum atomic E-state index is 6.25. The summed E-state index contributed by atoms with van der Waals surface area (Å²) >= 11 is 0. The van der Waals surface area contributed by atoms with E-state index in [0.29, 0.717) is 11.8 Å². The molecule has 2 aromatic carbocycles. The molecule has 1 aliphatic rings. The van der Waals surface area contributed by atoms with E-state index in [1.54, 1.807) is 0 Å². The highest BCUT2D eigenvalue weighted by atomic mass is 16.3. The van der Waals surface area contributed by atoms with Crippen LogP contribution in [0.1, 0.15) is 36.7 Å². The molecule has 0 fully saturated rings. The van der Waals surface area contributed by atoms with Gasteiger partial charge in [0, 0.05) is 16.5 Å². The number of allylic oxidation sites excluding steroid dienone is 1. The first-order chi connectivity index (χ1) is 10.6. The molecular formula is C21H20O. The number of fused-ring (bicyclic) bond motifs is 3. The zero-order valence-electron chi connectivity index (χ0n) is 13.3. The summed E-state index contributed by atoms with van der Waals surface area (Å²) in [6.45, 7) is 6.69. The van der Waals surface area contributed by atoms with E-state index in [4.69, 9.17) is 4.42 Å². The molecule has 0 amide bonds. The van der Waals surface area contributed by atoms with Crippen molar-refractivity contribution < 1.29 is 4.42 Å². The third-order valence-electron chi connectivity index (χ3n) is 4.91. The van der Waals surface area contributed by atoms with Gasteiger partial charge < -0.3 is 4.42 Å². The molecule has 1 heteroatoms. The number of aryl methyl sites for hydroxylation is 1. The smallest absolute Gasteiger partial charge is 0.142 e. The van der Waals surface area contributed by atoms with Crippen molar-refractivity contribution in [2.24, 2.45) is 5.92 Å². The second kappa shape index (κ2) is 4.88. The zero-order valence-corrected chi connectivity index (χ0v) is 13.3. The van der Waals surface area contributed by atoms with Crippen molar-refractivity contribution in [3.63, 3.8) is 0 Å². The van der Waals surface area contributed by atoms with Crippen molar-refractivity contribution in [1.82, 2.24) is 0 Å². The van der Waals surface area contributed by atoms with Gasteiger partial charge in [0.25, 0.3) is 0 Å². The van der Waals surface area contributed by atoms with Crippen LogP contribution in [0.25, 0.3) is 28.2 Å². The molecule has 0 aliphatic heterocycles. The highest BCUT2D eigenvalue weighted by molar-refractivity contribution is 5.96. The van der Waals surface area contributed by atoms with Crippen LogP contribution in [0, 0.1) is 12.8 Å². The van der Waals surface area contributed by atoms with Crippen LogP contribution in [-0.2, 0) is 0 Å². The molecule has 3 aromatic rings. The van der Waals surface area contributed by atoms with Gasteiger partial charge in [-0.2, -0.15) is 0 Å². The topological polar surface area (TPSA) is 13.1 Å². The van der Waals surface area contributed by atoms with Gasteiger partial charge in [0.2, 0.25) is 0 Å². The maximum absolute atomic E-state index is 6.25. The Bertz CT molecular complexity index is 882. The minimum Gasteiger partial charge on any atom is -0.456 e. The molecule has 1 aromatic heterocycles. The van der Waals surface area contributed by atoms with Crippen LogP contribution in [0.4, 0.5) is 0 Å². The first-order valence-electron chi connectivity index (χ1n) is 7.96. The molecule has 0 spiro atoms. The summed E-state index contributed by atoms with van der Waals surface area (Å²) in [7, 11) is 0. The summed E-state index contributed by atoms with van der Waals surface area (Å²) in [6, 6.07) is 15.1. The highest BCUT2D eigenvalue weighted by Crippen LogP contribution is 2.42. The van der Waals surface area contributed by atoms with Crippen molar-refractivity contribution in [3.8, 4) is 11.1 Å². The zero-order chi connectivity index (χ0) is 15.3. The van der Waals surface area contributed by atoms with Crippen molar-refractivity contribution in [1.29, 1.82) is 0 Å². The molecule has 0 radical (unpaired) electrons. The lowest BCUT2D eigenvalue weighted by Gasteiger charge is -2.20. The Morgan fingerprint density at radius 3 is 2.64 bits per heavy atom. The summed E-state index contributed by atoms with van der Waals surface area (Å²) in [6.07, 6.45) is 4.39. The van der Waals surface area contributed by atoms with Crippen LogP contribution in [-0.4, -0.2) is 0 Å². The van der Waals surface area contributed by atoms with E-state index in [9.17, 15) is 0 Å². The summed E-state index contributed by atoms with van der Waals surface area (Å²) < 4.78 is 6.25. The second-order valence-electron chi connectivity index (χ2n) is 6.44. The maximum Gasteiger partial charge on any atom is 0.142 e. The van der Waals surface area contributed by atoms with Crippen LogP contribution in [0.15, 0.2) is 53.0 Å². The predicted molar refractivity (Wildman–Crippen MR) is 93.0 cm³/mol. The first kappa shape index (κ1) is 13.4. The molecule has 1 heterocycles. The van der Waals surface area contributed by atoms with Gasteiger partial charge in [-0.05, 0) is 30.4 Å². The SMILES string of the molecule is Cc1cccc(-c2cccc3c4c(oc23)C=C[C@@H](C)C4C)c1. The summed E-state index contributed by atoms with van der Waals surface area (Å²) in [4.78, 5) is 0. The van der Waals surface area contributed by atoms with Gasteiger partial charge in [-0.3, -0.25) is 0 Å². The monoisotopic (exact) mass is 288 g/mol. The van der Waals surface area contributed by atoms with E-state index in [1.165, 1.54) is 27.6 Å². The molecule has 0 saturated heterocycles. The number of rotatable bonds is 1. The Kier molecular flexibility index (Phi) is 2.97. The Labute approximate surface area is 131 Å². The number of furan rings is 1. The van der Waals surface area contributed by atoms with Crippen LogP contribution in [0.3, 0.4) is 0 Å². The number of hydrogen-bond donors (Lipinski definition) is 0. The van der Waals surface area contributed by atoms with Gasteiger partial charge in [-0.1, -0.05) is 68.0 Å². The van der Waals surface area contributed by atoms with Gasteiger partial charge >= 0.3 is 0 Å². The van der Waals surface area contributed by atoms with Gasteiger partial charge in [0.05, 0.1) is 0 Å². The molecule has 110 valence electrons. The summed E-state index contributed by atoms with van der Waals surface area (Å²) in [5.74, 6) is 2.07. The standard InChI is InChI=1S/C21H20O/c1-13-6-4-7-16(12-13)17-8-5-9-18-20-15(3)14(2)10-11-19(20)22-21(17)18/h4-12,14-15H,1-3H3/t14-,15?/m1/s1. The van der Waals surface area contributed by atoms with E-state index in [1.807, 2.05) is 0 Å². The molecule has 0 N–H and O–H groups in total. The molecule has 4 rings (SSSR count). The van der Waals surface area contributed by atoms with Crippen molar-refractivity contribution >= 4 is 17.0 Å². The van der Waals surface area contributed by atoms with Crippen LogP contribution >= 0.6 is 0 Å². The van der Waals surface area contributed by atoms with E-state index in [2.05, 4.69) is 75.4 Å². The molecule has 0 saturated carbocycles. The van der Waals surface area contributed by atoms with Crippen molar-refractivity contribution in [3.05, 3.63) is 65.4 Å². The lowest BCUT2D eigenvalue weighted by molar-refractivity contribution is 0.544. The number of benzene rings is 2. The summed E-state index contributed by atoms with van der Waals surface area (Å²) in [5, 5.41) is 1.26. The fraction of sp³-hybridized carbons (Fsp3) is 0.238. The third-order valence-corrected chi connectivity index (χ3v) is 4.91. The lowest BCUT2D eigenvalue weighted by Crippen LogP contribution is -2.07. The predicted octanol–water partition coefficient (Wildman–Crippen LogP) is 6.17. The average molecular weight is 288 g/mol. The minimum atomic E-state index is 0.494. The Morgan fingerprint density at radius 2 is 1.82 bits per heavy atom. The Balaban J connectivity index is 2.00. The summed E-state index contributed by atoms with van der Waals surface area (Å²) in [5.41, 5.74) is 6.06. The molecule has 1 aliphatic carbocycles. The lowest BCUT2D eigenvalue weighted by atomic mass is 9.83. The van der Waals surface area contributed by atoms with Crippen molar-refractivity contribution in [2.45, 2.75) is 26.7 Å². The largest absolute Gasteiger partial charge is 0.456 e. The molecular weight excluding hydrogens is 268 g/mol.